The summed E-state index contributed by atoms with van der Waals surface area (Å²) in [5, 5.41) is 11.4. The standard InChI is InChI=1S/C8H7ClN4O/c1-14-8-4-6(9)2-3-7(8)13-5-10-11-12-13/h2-5H,1H3. The van der Waals surface area contributed by atoms with Gasteiger partial charge in [0.25, 0.3) is 0 Å². The maximum atomic E-state index is 5.82. The molecule has 0 radical (unpaired) electrons. The lowest BCUT2D eigenvalue weighted by Crippen LogP contribution is -1.98. The molecular weight excluding hydrogens is 204 g/mol. The quantitative estimate of drug-likeness (QED) is 0.750. The lowest BCUT2D eigenvalue weighted by atomic mass is 10.3. The summed E-state index contributed by atoms with van der Waals surface area (Å²) in [4.78, 5) is 0. The van der Waals surface area contributed by atoms with Crippen molar-refractivity contribution in [2.24, 2.45) is 0 Å². The number of hydrogen-bond donors (Lipinski definition) is 0. The number of methoxy groups -OCH3 is 1. The van der Waals surface area contributed by atoms with E-state index in [4.69, 9.17) is 16.3 Å². The lowest BCUT2D eigenvalue weighted by molar-refractivity contribution is 0.411. The van der Waals surface area contributed by atoms with Gasteiger partial charge in [-0.25, -0.2) is 0 Å². The molecule has 0 unspecified atom stereocenters. The van der Waals surface area contributed by atoms with Crippen molar-refractivity contribution in [1.29, 1.82) is 0 Å². The molecule has 0 saturated carbocycles. The molecule has 72 valence electrons. The van der Waals surface area contributed by atoms with Crippen LogP contribution < -0.4 is 4.74 Å². The molecule has 0 bridgehead atoms. The van der Waals surface area contributed by atoms with Gasteiger partial charge in [0.05, 0.1) is 7.11 Å². The highest BCUT2D eigenvalue weighted by atomic mass is 35.5. The molecule has 1 heterocycles. The normalized spacial score (nSPS) is 10.1. The van der Waals surface area contributed by atoms with Crippen LogP contribution in [0.15, 0.2) is 24.5 Å². The minimum Gasteiger partial charge on any atom is -0.494 e. The van der Waals surface area contributed by atoms with Gasteiger partial charge in [0.15, 0.2) is 0 Å². The maximum absolute atomic E-state index is 5.82. The van der Waals surface area contributed by atoms with Gasteiger partial charge in [-0.3, -0.25) is 0 Å². The molecule has 0 saturated heterocycles. The van der Waals surface area contributed by atoms with E-state index in [2.05, 4.69) is 15.5 Å². The fraction of sp³-hybridized carbons (Fsp3) is 0.125. The highest BCUT2D eigenvalue weighted by molar-refractivity contribution is 6.30. The Hall–Kier alpha value is -1.62. The van der Waals surface area contributed by atoms with Crippen LogP contribution in [0.1, 0.15) is 0 Å². The summed E-state index contributed by atoms with van der Waals surface area (Å²) in [5.74, 6) is 0.629. The molecule has 6 heteroatoms. The van der Waals surface area contributed by atoms with E-state index in [0.29, 0.717) is 10.8 Å². The van der Waals surface area contributed by atoms with Crippen LogP contribution >= 0.6 is 11.6 Å². The van der Waals surface area contributed by atoms with Gasteiger partial charge in [-0.05, 0) is 22.6 Å². The number of tetrazole rings is 1. The van der Waals surface area contributed by atoms with E-state index in [0.717, 1.165) is 5.69 Å². The summed E-state index contributed by atoms with van der Waals surface area (Å²) in [6, 6.07) is 5.25. The Morgan fingerprint density at radius 3 is 2.93 bits per heavy atom. The minimum absolute atomic E-state index is 0.610. The van der Waals surface area contributed by atoms with E-state index in [1.165, 1.54) is 11.0 Å². The summed E-state index contributed by atoms with van der Waals surface area (Å²) < 4.78 is 6.66. The minimum atomic E-state index is 0.610. The number of nitrogens with zero attached hydrogens (tertiary/aromatic N) is 4. The van der Waals surface area contributed by atoms with E-state index in [1.807, 2.05) is 0 Å². The van der Waals surface area contributed by atoms with E-state index < -0.39 is 0 Å². The van der Waals surface area contributed by atoms with Gasteiger partial charge < -0.3 is 4.74 Å². The number of hydrogen-bond acceptors (Lipinski definition) is 4. The van der Waals surface area contributed by atoms with Crippen LogP contribution in [-0.2, 0) is 0 Å². The third kappa shape index (κ3) is 1.54. The van der Waals surface area contributed by atoms with Crippen molar-refractivity contribution in [3.8, 4) is 11.4 Å². The molecule has 0 aliphatic rings. The van der Waals surface area contributed by atoms with E-state index in [1.54, 1.807) is 25.3 Å². The summed E-state index contributed by atoms with van der Waals surface area (Å²) in [5.41, 5.74) is 0.752. The first-order valence-electron chi connectivity index (χ1n) is 3.88. The van der Waals surface area contributed by atoms with Gasteiger partial charge in [0.2, 0.25) is 0 Å². The van der Waals surface area contributed by atoms with Gasteiger partial charge in [-0.15, -0.1) is 5.10 Å². The molecule has 14 heavy (non-hydrogen) atoms. The zero-order chi connectivity index (χ0) is 9.97. The molecule has 0 fully saturated rings. The highest BCUT2D eigenvalue weighted by Gasteiger charge is 2.06. The van der Waals surface area contributed by atoms with Crippen molar-refractivity contribution in [2.75, 3.05) is 7.11 Å². The van der Waals surface area contributed by atoms with E-state index in [9.17, 15) is 0 Å². The first-order chi connectivity index (χ1) is 6.81. The average Bonchev–Trinajstić information content (AvgIpc) is 2.70. The van der Waals surface area contributed by atoms with Crippen LogP contribution in [0.4, 0.5) is 0 Å². The smallest absolute Gasteiger partial charge is 0.146 e. The van der Waals surface area contributed by atoms with Crippen LogP contribution in [0.2, 0.25) is 5.02 Å². The SMILES string of the molecule is COc1cc(Cl)ccc1-n1cnnn1. The maximum Gasteiger partial charge on any atom is 0.146 e. The summed E-state index contributed by atoms with van der Waals surface area (Å²) >= 11 is 5.82. The third-order valence-electron chi connectivity index (χ3n) is 1.74. The lowest BCUT2D eigenvalue weighted by Gasteiger charge is -2.06. The van der Waals surface area contributed by atoms with Crippen LogP contribution in [0.5, 0.6) is 5.75 Å². The monoisotopic (exact) mass is 210 g/mol. The Labute approximate surface area is 85.3 Å². The van der Waals surface area contributed by atoms with Crippen molar-refractivity contribution in [3.63, 3.8) is 0 Å². The number of rotatable bonds is 2. The topological polar surface area (TPSA) is 52.8 Å². The van der Waals surface area contributed by atoms with Gasteiger partial charge >= 0.3 is 0 Å². The van der Waals surface area contributed by atoms with E-state index >= 15 is 0 Å². The molecule has 2 aromatic rings. The van der Waals surface area contributed by atoms with Gasteiger partial charge in [-0.2, -0.15) is 4.68 Å². The predicted molar refractivity (Wildman–Crippen MR) is 50.7 cm³/mol. The number of benzene rings is 1. The van der Waals surface area contributed by atoms with Crippen LogP contribution in [-0.4, -0.2) is 27.3 Å². The Bertz CT molecular complexity index is 429. The van der Waals surface area contributed by atoms with Crippen LogP contribution in [0, 0.1) is 0 Å². The molecule has 0 aliphatic heterocycles. The fourth-order valence-electron chi connectivity index (χ4n) is 1.11. The fourth-order valence-corrected chi connectivity index (χ4v) is 1.27. The van der Waals surface area contributed by atoms with Crippen LogP contribution in [0.25, 0.3) is 5.69 Å². The van der Waals surface area contributed by atoms with Gasteiger partial charge in [0.1, 0.15) is 17.8 Å². The largest absolute Gasteiger partial charge is 0.494 e. The van der Waals surface area contributed by atoms with Crippen molar-refractivity contribution < 1.29 is 4.74 Å². The van der Waals surface area contributed by atoms with E-state index in [-0.39, 0.29) is 0 Å². The Kier molecular flexibility index (Phi) is 2.32. The van der Waals surface area contributed by atoms with Gasteiger partial charge in [0, 0.05) is 11.1 Å². The molecule has 0 atom stereocenters. The average molecular weight is 211 g/mol. The molecule has 1 aromatic heterocycles. The second-order valence-electron chi connectivity index (χ2n) is 2.57. The van der Waals surface area contributed by atoms with Gasteiger partial charge in [-0.1, -0.05) is 11.6 Å². The van der Waals surface area contributed by atoms with Crippen molar-refractivity contribution in [2.45, 2.75) is 0 Å². The Morgan fingerprint density at radius 2 is 2.29 bits per heavy atom. The summed E-state index contributed by atoms with van der Waals surface area (Å²) in [6.45, 7) is 0. The molecular formula is C8H7ClN4O. The molecule has 1 aromatic carbocycles. The summed E-state index contributed by atoms with van der Waals surface area (Å²) in [6.07, 6.45) is 1.49. The number of halogens is 1. The molecule has 0 spiro atoms. The molecule has 0 aliphatic carbocycles. The van der Waals surface area contributed by atoms with Crippen LogP contribution in [0.3, 0.4) is 0 Å². The number of ether oxygens (including phenoxy) is 1. The zero-order valence-corrected chi connectivity index (χ0v) is 8.14. The zero-order valence-electron chi connectivity index (χ0n) is 7.38. The second kappa shape index (κ2) is 3.63. The summed E-state index contributed by atoms with van der Waals surface area (Å²) in [7, 11) is 1.57. The predicted octanol–water partition coefficient (Wildman–Crippen LogP) is 1.32. The highest BCUT2D eigenvalue weighted by Crippen LogP contribution is 2.25. The Balaban J connectivity index is 2.53. The number of aromatic nitrogens is 4. The molecule has 5 nitrogen and oxygen atoms in total. The first-order valence-corrected chi connectivity index (χ1v) is 4.26. The molecule has 2 rings (SSSR count). The van der Waals surface area contributed by atoms with Crippen molar-refractivity contribution in [3.05, 3.63) is 29.5 Å². The van der Waals surface area contributed by atoms with Crippen molar-refractivity contribution in [1.82, 2.24) is 20.2 Å². The second-order valence-corrected chi connectivity index (χ2v) is 3.01. The molecule has 0 N–H and O–H groups in total. The Morgan fingerprint density at radius 1 is 1.43 bits per heavy atom. The first kappa shape index (κ1) is 8.96. The third-order valence-corrected chi connectivity index (χ3v) is 1.97. The molecule has 0 amide bonds. The van der Waals surface area contributed by atoms with Crippen molar-refractivity contribution >= 4 is 11.6 Å².